The maximum Gasteiger partial charge on any atom is 0.408 e. The molecule has 11 atom stereocenters. The zero-order chi connectivity index (χ0) is 44.2. The minimum Gasteiger partial charge on any atom is -0.456 e. The van der Waals surface area contributed by atoms with Gasteiger partial charge in [0.2, 0.25) is 0 Å². The number of rotatable bonds is 10. The number of alkyl carbamates (subject to hydrolysis) is 1. The van der Waals surface area contributed by atoms with Crippen molar-refractivity contribution in [1.29, 1.82) is 0 Å². The number of Topliss-reactive ketones (excluding diaryl/α,β-unsaturated/α-hetero) is 1. The van der Waals surface area contributed by atoms with Gasteiger partial charge in [-0.3, -0.25) is 9.59 Å². The molecule has 1 saturated heterocycles. The van der Waals surface area contributed by atoms with Gasteiger partial charge in [0.15, 0.2) is 17.5 Å². The second-order valence-electron chi connectivity index (χ2n) is 18.0. The molecular formula is C45H57NO14. The molecule has 3 N–H and O–H groups in total. The van der Waals surface area contributed by atoms with E-state index in [1.807, 2.05) is 0 Å². The van der Waals surface area contributed by atoms with Gasteiger partial charge in [-0.15, -0.1) is 0 Å². The predicted octanol–water partition coefficient (Wildman–Crippen LogP) is 4.57. The zero-order valence-corrected chi connectivity index (χ0v) is 35.8. The third-order valence-electron chi connectivity index (χ3n) is 13.0. The van der Waals surface area contributed by atoms with Gasteiger partial charge in [0, 0.05) is 39.4 Å². The summed E-state index contributed by atoms with van der Waals surface area (Å²) in [4.78, 5) is 70.1. The molecule has 2 saturated carbocycles. The molecule has 3 aliphatic carbocycles. The third kappa shape index (κ3) is 7.52. The average molecular weight is 836 g/mol. The van der Waals surface area contributed by atoms with Gasteiger partial charge in [-0.05, 0) is 63.5 Å². The van der Waals surface area contributed by atoms with E-state index in [1.54, 1.807) is 109 Å². The molecule has 1 unspecified atom stereocenters. The zero-order valence-electron chi connectivity index (χ0n) is 35.8. The summed E-state index contributed by atoms with van der Waals surface area (Å²) < 4.78 is 42.4. The highest BCUT2D eigenvalue weighted by Crippen LogP contribution is 2.64. The van der Waals surface area contributed by atoms with Crippen molar-refractivity contribution in [3.05, 3.63) is 82.9 Å². The summed E-state index contributed by atoms with van der Waals surface area (Å²) in [7, 11) is 2.78. The molecule has 2 bridgehead atoms. The molecule has 1 amide bonds. The van der Waals surface area contributed by atoms with Gasteiger partial charge in [0.25, 0.3) is 0 Å². The molecule has 6 rings (SSSR count). The third-order valence-corrected chi connectivity index (χ3v) is 13.0. The molecular weight excluding hydrogens is 778 g/mol. The number of hydrogen-bond acceptors (Lipinski definition) is 14. The molecule has 326 valence electrons. The molecule has 2 aromatic carbocycles. The summed E-state index contributed by atoms with van der Waals surface area (Å²) >= 11 is 0. The maximum absolute atomic E-state index is 15.5. The number of ether oxygens (including phenoxy) is 7. The fourth-order valence-corrected chi connectivity index (χ4v) is 10.1. The first-order chi connectivity index (χ1) is 28.1. The highest BCUT2D eigenvalue weighted by atomic mass is 16.6. The molecule has 0 radical (unpaired) electrons. The van der Waals surface area contributed by atoms with Crippen molar-refractivity contribution in [3.63, 3.8) is 0 Å². The second kappa shape index (κ2) is 16.3. The van der Waals surface area contributed by atoms with Crippen molar-refractivity contribution in [1.82, 2.24) is 5.32 Å². The normalized spacial score (nSPS) is 33.0. The van der Waals surface area contributed by atoms with Crippen LogP contribution < -0.4 is 5.32 Å². The van der Waals surface area contributed by atoms with E-state index in [1.165, 1.54) is 21.1 Å². The first-order valence-electron chi connectivity index (χ1n) is 20.1. The van der Waals surface area contributed by atoms with E-state index >= 15 is 4.79 Å². The fourth-order valence-electron chi connectivity index (χ4n) is 10.1. The van der Waals surface area contributed by atoms with E-state index in [9.17, 15) is 29.4 Å². The van der Waals surface area contributed by atoms with E-state index in [0.717, 1.165) is 0 Å². The molecule has 15 heteroatoms. The Morgan fingerprint density at radius 3 is 2.08 bits per heavy atom. The van der Waals surface area contributed by atoms with E-state index in [4.69, 9.17) is 33.2 Å². The maximum atomic E-state index is 15.5. The Labute approximate surface area is 350 Å². The number of aliphatic hydroxyl groups excluding tert-OH is 1. The predicted molar refractivity (Wildman–Crippen MR) is 213 cm³/mol. The minimum absolute atomic E-state index is 0.121. The summed E-state index contributed by atoms with van der Waals surface area (Å²) in [6, 6.07) is 15.1. The van der Waals surface area contributed by atoms with Gasteiger partial charge >= 0.3 is 24.0 Å². The smallest absolute Gasteiger partial charge is 0.408 e. The number of hydrogen-bond donors (Lipinski definition) is 3. The van der Waals surface area contributed by atoms with Crippen molar-refractivity contribution in [3.8, 4) is 0 Å². The van der Waals surface area contributed by atoms with Gasteiger partial charge in [-0.1, -0.05) is 62.4 Å². The summed E-state index contributed by atoms with van der Waals surface area (Å²) in [5.74, 6) is -4.52. The van der Waals surface area contributed by atoms with E-state index < -0.39 is 112 Å². The van der Waals surface area contributed by atoms with Crippen LogP contribution in [0.2, 0.25) is 0 Å². The van der Waals surface area contributed by atoms with Crippen molar-refractivity contribution in [2.24, 2.45) is 16.7 Å². The molecule has 0 spiro atoms. The van der Waals surface area contributed by atoms with Crippen LogP contribution in [0, 0.1) is 16.7 Å². The Morgan fingerprint density at radius 2 is 1.55 bits per heavy atom. The van der Waals surface area contributed by atoms with Gasteiger partial charge in [-0.2, -0.15) is 0 Å². The molecule has 4 aliphatic rings. The topological polar surface area (TPSA) is 202 Å². The molecule has 1 aliphatic heterocycles. The molecule has 0 aromatic heterocycles. The molecule has 15 nitrogen and oxygen atoms in total. The van der Waals surface area contributed by atoms with E-state index in [0.29, 0.717) is 11.1 Å². The summed E-state index contributed by atoms with van der Waals surface area (Å²) in [6.07, 6.45) is -9.31. The summed E-state index contributed by atoms with van der Waals surface area (Å²) in [5.41, 5.74) is -6.72. The molecule has 2 aromatic rings. The lowest BCUT2D eigenvalue weighted by molar-refractivity contribution is -0.347. The van der Waals surface area contributed by atoms with Gasteiger partial charge in [0.1, 0.15) is 35.6 Å². The highest BCUT2D eigenvalue weighted by molar-refractivity contribution is 5.94. The minimum atomic E-state index is -2.22. The Kier molecular flexibility index (Phi) is 12.2. The SMILES string of the molecule is CO[C@H]1C(=O)[C@@]2(C)C([C@H](OC(=O)c3ccccc3)[C@]3(O)C[C@H](OC(=O)[C@H](O)[C@H](NC(=O)OC(C)(C)C)c4ccccc4)C(C)=C1C3(C)C)[C@]1(OC(C)=O)CO[C@@H]1C[C@@H]2OC. The number of esters is 3. The van der Waals surface area contributed by atoms with Gasteiger partial charge in [0.05, 0.1) is 35.6 Å². The van der Waals surface area contributed by atoms with E-state index in [2.05, 4.69) is 5.32 Å². The lowest BCUT2D eigenvalue weighted by atomic mass is 9.44. The average Bonchev–Trinajstić information content (AvgIpc) is 3.18. The quantitative estimate of drug-likeness (QED) is 0.171. The highest BCUT2D eigenvalue weighted by Gasteiger charge is 2.78. The van der Waals surface area contributed by atoms with Crippen LogP contribution in [0.25, 0.3) is 0 Å². The first-order valence-corrected chi connectivity index (χ1v) is 20.1. The second-order valence-corrected chi connectivity index (χ2v) is 18.0. The Balaban J connectivity index is 1.52. The van der Waals surface area contributed by atoms with Crippen LogP contribution in [-0.4, -0.2) is 114 Å². The van der Waals surface area contributed by atoms with Crippen LogP contribution in [0.1, 0.15) is 90.2 Å². The largest absolute Gasteiger partial charge is 0.456 e. The lowest BCUT2D eigenvalue weighted by Crippen LogP contribution is -2.82. The van der Waals surface area contributed by atoms with Crippen LogP contribution in [0.4, 0.5) is 4.79 Å². The number of amides is 1. The van der Waals surface area contributed by atoms with Crippen molar-refractivity contribution in [2.45, 2.75) is 128 Å². The Hall–Kier alpha value is -4.67. The fraction of sp³-hybridized carbons (Fsp3) is 0.578. The van der Waals surface area contributed by atoms with E-state index in [-0.39, 0.29) is 24.2 Å². The van der Waals surface area contributed by atoms with Crippen LogP contribution in [0.15, 0.2) is 71.8 Å². The standard InChI is InChI=1S/C45H57NO14/c1-24-28(57-39(51)33(48)32(26-17-13-11-14-18-26)46-40(52)60-41(3,4)5)22-45(53)37(58-38(50)27-19-15-12-16-20-27)35-43(8,36(49)34(55-10)31(24)42(45,6)7)29(54-9)21-30-44(35,23-56-30)59-25(2)47/h11-20,28-30,32-35,37,48,53H,21-23H2,1-10H3,(H,46,52)/t28-,29-,30+,32+,33+,34+,35?,37-,43+,44-,45+/m0/s1. The number of carbonyl (C=O) groups is 5. The first kappa shape index (κ1) is 44.9. The van der Waals surface area contributed by atoms with Gasteiger partial charge < -0.3 is 48.7 Å². The number of aliphatic hydroxyl groups is 2. The van der Waals surface area contributed by atoms with Crippen molar-refractivity contribution < 1.29 is 67.3 Å². The molecule has 60 heavy (non-hydrogen) atoms. The van der Waals surface area contributed by atoms with Crippen LogP contribution in [0.5, 0.6) is 0 Å². The number of fused-ring (bicyclic) bond motifs is 5. The summed E-state index contributed by atoms with van der Waals surface area (Å²) in [5, 5.41) is 28.0. The number of carbonyl (C=O) groups excluding carboxylic acids is 5. The van der Waals surface area contributed by atoms with Crippen LogP contribution in [0.3, 0.4) is 0 Å². The Bertz CT molecular complexity index is 2010. The van der Waals surface area contributed by atoms with Crippen LogP contribution in [-0.2, 0) is 47.5 Å². The summed E-state index contributed by atoms with van der Waals surface area (Å²) in [6.45, 7) is 12.7. The number of ketones is 1. The monoisotopic (exact) mass is 835 g/mol. The van der Waals surface area contributed by atoms with Crippen molar-refractivity contribution >= 4 is 29.8 Å². The lowest BCUT2D eigenvalue weighted by Gasteiger charge is -2.67. The number of nitrogens with one attached hydrogen (secondary N) is 1. The number of methoxy groups -OCH3 is 2. The molecule has 1 heterocycles. The van der Waals surface area contributed by atoms with Gasteiger partial charge in [-0.25, -0.2) is 14.4 Å². The Morgan fingerprint density at radius 1 is 0.933 bits per heavy atom. The van der Waals surface area contributed by atoms with Crippen LogP contribution >= 0.6 is 0 Å². The molecule has 3 fully saturated rings. The van der Waals surface area contributed by atoms with Crippen molar-refractivity contribution in [2.75, 3.05) is 20.8 Å². The number of benzene rings is 2.